The molecule has 4 N–H and O–H groups in total. The van der Waals surface area contributed by atoms with E-state index in [0.717, 1.165) is 31.4 Å². The molecule has 8 nitrogen and oxygen atoms in total. The lowest BCUT2D eigenvalue weighted by molar-refractivity contribution is -0.200. The van der Waals surface area contributed by atoms with E-state index in [1.165, 1.54) is 0 Å². The molecule has 132 valence electrons. The summed E-state index contributed by atoms with van der Waals surface area (Å²) < 4.78 is 5.37. The van der Waals surface area contributed by atoms with Crippen LogP contribution in [0, 0.1) is 0 Å². The van der Waals surface area contributed by atoms with E-state index in [-0.39, 0.29) is 12.2 Å². The Morgan fingerprint density at radius 1 is 1.38 bits per heavy atom. The summed E-state index contributed by atoms with van der Waals surface area (Å²) in [4.78, 5) is 25.0. The standard InChI is InChI=1S/C16H25N5O3/c17-16(20-13-7-10-18-11-8-13)19-9-3-1-5-14(22)21-24-15-6-2-4-12-23-15/h7-8,10-11,15H,1-6,9,12H2,(H,21,22)(H3,17,18,19,20). The van der Waals surface area contributed by atoms with Crippen LogP contribution in [0.2, 0.25) is 0 Å². The number of nitrogens with two attached hydrogens (primary N) is 1. The molecule has 1 aromatic rings. The maximum Gasteiger partial charge on any atom is 0.243 e. The number of nitrogens with zero attached hydrogens (tertiary/aromatic N) is 2. The number of carbonyl (C=O) groups is 1. The molecule has 1 aliphatic rings. The molecule has 1 saturated heterocycles. The zero-order chi connectivity index (χ0) is 17.0. The largest absolute Gasteiger partial charge is 0.370 e. The Hall–Kier alpha value is -2.19. The van der Waals surface area contributed by atoms with Gasteiger partial charge in [-0.25, -0.2) is 10.3 Å². The smallest absolute Gasteiger partial charge is 0.243 e. The summed E-state index contributed by atoms with van der Waals surface area (Å²) in [7, 11) is 0. The van der Waals surface area contributed by atoms with Gasteiger partial charge in [-0.2, -0.15) is 0 Å². The number of ether oxygens (including phenoxy) is 1. The van der Waals surface area contributed by atoms with Crippen molar-refractivity contribution in [1.29, 1.82) is 0 Å². The van der Waals surface area contributed by atoms with Crippen molar-refractivity contribution in [3.8, 4) is 0 Å². The average Bonchev–Trinajstić information content (AvgIpc) is 2.61. The zero-order valence-corrected chi connectivity index (χ0v) is 13.7. The Labute approximate surface area is 141 Å². The second-order valence-corrected chi connectivity index (χ2v) is 5.52. The number of carbonyl (C=O) groups excluding carboxylic acids is 1. The lowest BCUT2D eigenvalue weighted by Crippen LogP contribution is -2.32. The van der Waals surface area contributed by atoms with Crippen LogP contribution in [0.15, 0.2) is 29.5 Å². The predicted molar refractivity (Wildman–Crippen MR) is 91.0 cm³/mol. The van der Waals surface area contributed by atoms with Crippen LogP contribution in [0.3, 0.4) is 0 Å². The van der Waals surface area contributed by atoms with Crippen molar-refractivity contribution in [2.24, 2.45) is 10.7 Å². The Bertz CT molecular complexity index is 518. The van der Waals surface area contributed by atoms with Crippen LogP contribution in [-0.4, -0.2) is 36.3 Å². The third-order valence-electron chi connectivity index (χ3n) is 3.49. The van der Waals surface area contributed by atoms with Crippen LogP contribution < -0.4 is 16.5 Å². The number of pyridine rings is 1. The monoisotopic (exact) mass is 335 g/mol. The minimum absolute atomic E-state index is 0.143. The Morgan fingerprint density at radius 2 is 2.21 bits per heavy atom. The minimum atomic E-state index is -0.314. The zero-order valence-electron chi connectivity index (χ0n) is 13.7. The molecule has 8 heteroatoms. The molecule has 2 heterocycles. The summed E-state index contributed by atoms with van der Waals surface area (Å²) in [6, 6.07) is 3.62. The molecule has 2 rings (SSSR count). The molecule has 0 aromatic carbocycles. The molecular formula is C16H25N5O3. The van der Waals surface area contributed by atoms with Crippen LogP contribution in [0.1, 0.15) is 38.5 Å². The molecule has 0 aliphatic carbocycles. The van der Waals surface area contributed by atoms with Gasteiger partial charge in [0.15, 0.2) is 12.2 Å². The van der Waals surface area contributed by atoms with Crippen LogP contribution in [0.5, 0.6) is 0 Å². The SMILES string of the molecule is NC(=NCCCCC(=O)NOC1CCCCO1)Nc1ccncc1. The molecule has 1 unspecified atom stereocenters. The first-order valence-electron chi connectivity index (χ1n) is 8.27. The first kappa shape index (κ1) is 18.2. The number of anilines is 1. The van der Waals surface area contributed by atoms with Gasteiger partial charge in [-0.1, -0.05) is 0 Å². The Morgan fingerprint density at radius 3 is 2.96 bits per heavy atom. The fraction of sp³-hybridized carbons (Fsp3) is 0.562. The number of rotatable bonds is 8. The number of nitrogens with one attached hydrogen (secondary N) is 2. The molecule has 0 spiro atoms. The number of hydrogen-bond acceptors (Lipinski definition) is 5. The summed E-state index contributed by atoms with van der Waals surface area (Å²) >= 11 is 0. The highest BCUT2D eigenvalue weighted by Crippen LogP contribution is 2.12. The Balaban J connectivity index is 1.52. The fourth-order valence-corrected chi connectivity index (χ4v) is 2.21. The highest BCUT2D eigenvalue weighted by atomic mass is 16.8. The first-order chi connectivity index (χ1) is 11.7. The van der Waals surface area contributed by atoms with Crippen LogP contribution in [0.4, 0.5) is 5.69 Å². The molecule has 0 radical (unpaired) electrons. The van der Waals surface area contributed by atoms with Crippen molar-refractivity contribution in [3.63, 3.8) is 0 Å². The third-order valence-corrected chi connectivity index (χ3v) is 3.49. The quantitative estimate of drug-likeness (QED) is 0.288. The molecule has 0 bridgehead atoms. The van der Waals surface area contributed by atoms with Gasteiger partial charge in [0.2, 0.25) is 5.91 Å². The van der Waals surface area contributed by atoms with Crippen molar-refractivity contribution in [1.82, 2.24) is 10.5 Å². The van der Waals surface area contributed by atoms with Gasteiger partial charge in [0.25, 0.3) is 0 Å². The van der Waals surface area contributed by atoms with Gasteiger partial charge in [-0.15, -0.1) is 0 Å². The predicted octanol–water partition coefficient (Wildman–Crippen LogP) is 1.55. The summed E-state index contributed by atoms with van der Waals surface area (Å²) in [6.07, 6.45) is 7.84. The van der Waals surface area contributed by atoms with Gasteiger partial charge in [-0.05, 0) is 37.8 Å². The van der Waals surface area contributed by atoms with Crippen LogP contribution >= 0.6 is 0 Å². The number of amides is 1. The maximum absolute atomic E-state index is 11.7. The molecule has 1 fully saturated rings. The van der Waals surface area contributed by atoms with Gasteiger partial charge >= 0.3 is 0 Å². The van der Waals surface area contributed by atoms with Crippen molar-refractivity contribution in [2.75, 3.05) is 18.5 Å². The molecule has 0 saturated carbocycles. The van der Waals surface area contributed by atoms with Crippen molar-refractivity contribution < 1.29 is 14.4 Å². The van der Waals surface area contributed by atoms with E-state index in [1.54, 1.807) is 12.4 Å². The molecule has 1 atom stereocenters. The van der Waals surface area contributed by atoms with E-state index in [2.05, 4.69) is 20.8 Å². The van der Waals surface area contributed by atoms with Gasteiger partial charge in [-0.3, -0.25) is 14.8 Å². The van der Waals surface area contributed by atoms with Crippen molar-refractivity contribution in [3.05, 3.63) is 24.5 Å². The lowest BCUT2D eigenvalue weighted by atomic mass is 10.2. The maximum atomic E-state index is 11.7. The van der Waals surface area contributed by atoms with E-state index < -0.39 is 0 Å². The van der Waals surface area contributed by atoms with E-state index in [4.69, 9.17) is 15.3 Å². The topological polar surface area (TPSA) is 111 Å². The summed E-state index contributed by atoms with van der Waals surface area (Å²) in [5.74, 6) is 0.208. The number of aromatic nitrogens is 1. The molecule has 1 aromatic heterocycles. The molecule has 1 aliphatic heterocycles. The molecular weight excluding hydrogens is 310 g/mol. The van der Waals surface area contributed by atoms with E-state index >= 15 is 0 Å². The normalized spacial score (nSPS) is 18.2. The van der Waals surface area contributed by atoms with Crippen molar-refractivity contribution >= 4 is 17.6 Å². The number of hydrogen-bond donors (Lipinski definition) is 3. The number of aliphatic imine (C=N–C) groups is 1. The Kier molecular flexibility index (Phi) is 7.99. The van der Waals surface area contributed by atoms with Gasteiger partial charge < -0.3 is 15.8 Å². The summed E-state index contributed by atoms with van der Waals surface area (Å²) in [5, 5.41) is 2.97. The van der Waals surface area contributed by atoms with E-state index in [9.17, 15) is 4.79 Å². The lowest BCUT2D eigenvalue weighted by Gasteiger charge is -2.22. The average molecular weight is 335 g/mol. The minimum Gasteiger partial charge on any atom is -0.370 e. The highest BCUT2D eigenvalue weighted by Gasteiger charge is 2.15. The number of hydroxylamine groups is 1. The molecule has 24 heavy (non-hydrogen) atoms. The van der Waals surface area contributed by atoms with Crippen LogP contribution in [-0.2, 0) is 14.4 Å². The number of unbranched alkanes of at least 4 members (excludes halogenated alkanes) is 1. The number of guanidine groups is 1. The molecule has 1 amide bonds. The second-order valence-electron chi connectivity index (χ2n) is 5.52. The van der Waals surface area contributed by atoms with E-state index in [0.29, 0.717) is 32.0 Å². The summed E-state index contributed by atoms with van der Waals surface area (Å²) in [5.41, 5.74) is 9.07. The second kappa shape index (κ2) is 10.6. The fourth-order valence-electron chi connectivity index (χ4n) is 2.21. The van der Waals surface area contributed by atoms with Crippen molar-refractivity contribution in [2.45, 2.75) is 44.8 Å². The highest BCUT2D eigenvalue weighted by molar-refractivity contribution is 5.92. The van der Waals surface area contributed by atoms with Gasteiger partial charge in [0.1, 0.15) is 0 Å². The van der Waals surface area contributed by atoms with Gasteiger partial charge in [0, 0.05) is 44.1 Å². The van der Waals surface area contributed by atoms with Gasteiger partial charge in [0.05, 0.1) is 0 Å². The first-order valence-corrected chi connectivity index (χ1v) is 8.27. The van der Waals surface area contributed by atoms with Crippen LogP contribution in [0.25, 0.3) is 0 Å². The van der Waals surface area contributed by atoms with E-state index in [1.807, 2.05) is 12.1 Å². The summed E-state index contributed by atoms with van der Waals surface area (Å²) in [6.45, 7) is 1.25. The third kappa shape index (κ3) is 7.38.